The monoisotopic (exact) mass is 417 g/mol. The second-order valence-electron chi connectivity index (χ2n) is 6.63. The Bertz CT molecular complexity index is 869. The van der Waals surface area contributed by atoms with Gasteiger partial charge >= 0.3 is 12.0 Å². The summed E-state index contributed by atoms with van der Waals surface area (Å²) < 4.78 is 10.3. The maximum Gasteiger partial charge on any atom is 0.327 e. The van der Waals surface area contributed by atoms with Crippen LogP contribution in [0.2, 0.25) is 5.02 Å². The van der Waals surface area contributed by atoms with Crippen LogP contribution in [0.3, 0.4) is 0 Å². The van der Waals surface area contributed by atoms with Crippen molar-refractivity contribution in [1.82, 2.24) is 9.80 Å². The molecule has 8 heteroatoms. The van der Waals surface area contributed by atoms with Crippen LogP contribution in [0.1, 0.15) is 11.6 Å². The zero-order chi connectivity index (χ0) is 20.8. The maximum atomic E-state index is 12.6. The standard InChI is InChI=1S/C21H24ClN3O4/c1-28-18-9-4-3-8-17(18)23-21(27)25-12-10-24(11-13-25)19(20(26)29-2)15-6-5-7-16(22)14-15/h3-9,14,19H,10-13H2,1-2H3,(H,23,27)/t19-/m0/s1. The minimum absolute atomic E-state index is 0.202. The first kappa shape index (κ1) is 21.0. The number of halogens is 1. The van der Waals surface area contributed by atoms with Crippen LogP contribution in [0.15, 0.2) is 48.5 Å². The van der Waals surface area contributed by atoms with Crippen LogP contribution in [-0.4, -0.2) is 62.2 Å². The van der Waals surface area contributed by atoms with Crippen LogP contribution in [0.25, 0.3) is 0 Å². The van der Waals surface area contributed by atoms with Gasteiger partial charge in [0.1, 0.15) is 11.8 Å². The average Bonchev–Trinajstić information content (AvgIpc) is 2.74. The van der Waals surface area contributed by atoms with Crippen LogP contribution >= 0.6 is 11.6 Å². The summed E-state index contributed by atoms with van der Waals surface area (Å²) in [4.78, 5) is 28.8. The van der Waals surface area contributed by atoms with Crippen LogP contribution in [-0.2, 0) is 9.53 Å². The van der Waals surface area contributed by atoms with Crippen LogP contribution in [0.5, 0.6) is 5.75 Å². The van der Waals surface area contributed by atoms with Crippen molar-refractivity contribution in [2.45, 2.75) is 6.04 Å². The number of urea groups is 1. The number of nitrogens with one attached hydrogen (secondary N) is 1. The predicted octanol–water partition coefficient (Wildman–Crippen LogP) is 3.41. The number of esters is 1. The van der Waals surface area contributed by atoms with Crippen molar-refractivity contribution >= 4 is 29.3 Å². The van der Waals surface area contributed by atoms with Gasteiger partial charge < -0.3 is 19.7 Å². The number of hydrogen-bond donors (Lipinski definition) is 1. The number of carbonyl (C=O) groups excluding carboxylic acids is 2. The molecule has 0 spiro atoms. The summed E-state index contributed by atoms with van der Waals surface area (Å²) in [7, 11) is 2.93. The van der Waals surface area contributed by atoms with Crippen LogP contribution in [0.4, 0.5) is 10.5 Å². The smallest absolute Gasteiger partial charge is 0.327 e. The van der Waals surface area contributed by atoms with Gasteiger partial charge in [0.15, 0.2) is 0 Å². The van der Waals surface area contributed by atoms with E-state index in [0.717, 1.165) is 5.56 Å². The minimum atomic E-state index is -0.557. The van der Waals surface area contributed by atoms with E-state index in [-0.39, 0.29) is 12.0 Å². The summed E-state index contributed by atoms with van der Waals surface area (Å²) in [5, 5.41) is 3.44. The van der Waals surface area contributed by atoms with Crippen molar-refractivity contribution in [2.75, 3.05) is 45.7 Å². The molecule has 0 aromatic heterocycles. The summed E-state index contributed by atoms with van der Waals surface area (Å²) in [6, 6.07) is 13.7. The fraction of sp³-hybridized carbons (Fsp3) is 0.333. The Morgan fingerprint density at radius 2 is 1.76 bits per heavy atom. The number of hydrogen-bond acceptors (Lipinski definition) is 5. The van der Waals surface area contributed by atoms with Gasteiger partial charge in [-0.3, -0.25) is 4.90 Å². The molecule has 1 saturated heterocycles. The van der Waals surface area contributed by atoms with Gasteiger partial charge in [-0.15, -0.1) is 0 Å². The Kier molecular flexibility index (Phi) is 6.95. The quantitative estimate of drug-likeness (QED) is 0.755. The Balaban J connectivity index is 1.66. The van der Waals surface area contributed by atoms with Crippen molar-refractivity contribution in [3.8, 4) is 5.75 Å². The van der Waals surface area contributed by atoms with E-state index in [1.165, 1.54) is 7.11 Å². The molecule has 1 atom stereocenters. The summed E-state index contributed by atoms with van der Waals surface area (Å²) >= 11 is 6.10. The zero-order valence-corrected chi connectivity index (χ0v) is 17.2. The molecule has 29 heavy (non-hydrogen) atoms. The second kappa shape index (κ2) is 9.62. The molecule has 1 aliphatic rings. The van der Waals surface area contributed by atoms with Gasteiger partial charge in [-0.25, -0.2) is 9.59 Å². The Morgan fingerprint density at radius 3 is 2.41 bits per heavy atom. The van der Waals surface area contributed by atoms with Gasteiger partial charge in [0.25, 0.3) is 0 Å². The van der Waals surface area contributed by atoms with E-state index in [1.807, 2.05) is 29.2 Å². The lowest BCUT2D eigenvalue weighted by atomic mass is 10.0. The van der Waals surface area contributed by atoms with E-state index >= 15 is 0 Å². The molecular formula is C21H24ClN3O4. The first-order chi connectivity index (χ1) is 14.0. The van der Waals surface area contributed by atoms with Crippen molar-refractivity contribution < 1.29 is 19.1 Å². The molecule has 0 saturated carbocycles. The van der Waals surface area contributed by atoms with Crippen molar-refractivity contribution in [1.29, 1.82) is 0 Å². The average molecular weight is 418 g/mol. The van der Waals surface area contributed by atoms with Crippen LogP contribution in [0, 0.1) is 0 Å². The number of amides is 2. The highest BCUT2D eigenvalue weighted by atomic mass is 35.5. The lowest BCUT2D eigenvalue weighted by molar-refractivity contribution is -0.148. The molecule has 154 valence electrons. The van der Waals surface area contributed by atoms with Gasteiger partial charge in [0.05, 0.1) is 19.9 Å². The molecule has 2 amide bonds. The molecule has 0 bridgehead atoms. The molecule has 0 unspecified atom stereocenters. The number of para-hydroxylation sites is 2. The zero-order valence-electron chi connectivity index (χ0n) is 16.4. The summed E-state index contributed by atoms with van der Waals surface area (Å²) in [6.07, 6.45) is 0. The normalized spacial score (nSPS) is 15.5. The molecule has 0 radical (unpaired) electrons. The van der Waals surface area contributed by atoms with Crippen molar-refractivity contribution in [3.63, 3.8) is 0 Å². The van der Waals surface area contributed by atoms with E-state index in [0.29, 0.717) is 42.6 Å². The van der Waals surface area contributed by atoms with E-state index in [4.69, 9.17) is 21.1 Å². The summed E-state index contributed by atoms with van der Waals surface area (Å²) in [6.45, 7) is 2.03. The predicted molar refractivity (Wildman–Crippen MR) is 111 cm³/mol. The first-order valence-corrected chi connectivity index (χ1v) is 9.67. The van der Waals surface area contributed by atoms with E-state index in [2.05, 4.69) is 5.32 Å². The van der Waals surface area contributed by atoms with Gasteiger partial charge in [-0.2, -0.15) is 0 Å². The molecular weight excluding hydrogens is 394 g/mol. The number of methoxy groups -OCH3 is 2. The fourth-order valence-electron chi connectivity index (χ4n) is 3.41. The molecule has 1 aliphatic heterocycles. The second-order valence-corrected chi connectivity index (χ2v) is 7.07. The fourth-order valence-corrected chi connectivity index (χ4v) is 3.61. The summed E-state index contributed by atoms with van der Waals surface area (Å²) in [5.74, 6) is 0.255. The number of anilines is 1. The maximum absolute atomic E-state index is 12.6. The molecule has 2 aromatic rings. The molecule has 1 N–H and O–H groups in total. The number of rotatable bonds is 5. The molecule has 1 fully saturated rings. The topological polar surface area (TPSA) is 71.1 Å². The minimum Gasteiger partial charge on any atom is -0.495 e. The summed E-state index contributed by atoms with van der Waals surface area (Å²) in [5.41, 5.74) is 1.39. The molecule has 2 aromatic carbocycles. The lowest BCUT2D eigenvalue weighted by Gasteiger charge is -2.38. The van der Waals surface area contributed by atoms with Crippen LogP contribution < -0.4 is 10.1 Å². The highest BCUT2D eigenvalue weighted by Gasteiger charge is 2.32. The van der Waals surface area contributed by atoms with Gasteiger partial charge in [-0.05, 0) is 29.8 Å². The van der Waals surface area contributed by atoms with E-state index in [1.54, 1.807) is 36.3 Å². The highest BCUT2D eigenvalue weighted by molar-refractivity contribution is 6.30. The third-order valence-electron chi connectivity index (χ3n) is 4.90. The number of piperazine rings is 1. The molecule has 1 heterocycles. The largest absolute Gasteiger partial charge is 0.495 e. The number of ether oxygens (including phenoxy) is 2. The first-order valence-electron chi connectivity index (χ1n) is 9.29. The Hall–Kier alpha value is -2.77. The third-order valence-corrected chi connectivity index (χ3v) is 5.14. The van der Waals surface area contributed by atoms with Gasteiger partial charge in [0.2, 0.25) is 0 Å². The van der Waals surface area contributed by atoms with E-state index in [9.17, 15) is 9.59 Å². The Morgan fingerprint density at radius 1 is 1.03 bits per heavy atom. The third kappa shape index (κ3) is 4.99. The van der Waals surface area contributed by atoms with Crippen molar-refractivity contribution in [3.05, 3.63) is 59.1 Å². The SMILES string of the molecule is COC(=O)[C@H](c1cccc(Cl)c1)N1CCN(C(=O)Nc2ccccc2OC)CC1. The number of carbonyl (C=O) groups is 2. The number of benzene rings is 2. The Labute approximate surface area is 175 Å². The van der Waals surface area contributed by atoms with Gasteiger partial charge in [-0.1, -0.05) is 35.9 Å². The lowest BCUT2D eigenvalue weighted by Crippen LogP contribution is -2.52. The molecule has 3 rings (SSSR count). The molecule has 0 aliphatic carbocycles. The van der Waals surface area contributed by atoms with Crippen molar-refractivity contribution in [2.24, 2.45) is 0 Å². The highest BCUT2D eigenvalue weighted by Crippen LogP contribution is 2.27. The number of nitrogens with zero attached hydrogens (tertiary/aromatic N) is 2. The molecule has 7 nitrogen and oxygen atoms in total. The van der Waals surface area contributed by atoms with E-state index < -0.39 is 6.04 Å². The van der Waals surface area contributed by atoms with Gasteiger partial charge in [0, 0.05) is 31.2 Å².